The number of aromatic nitrogens is 5. The lowest BCUT2D eigenvalue weighted by molar-refractivity contribution is -0.00570. The van der Waals surface area contributed by atoms with E-state index in [1.54, 1.807) is 12.4 Å². The molecule has 3 aromatic heterocycles. The Morgan fingerprint density at radius 3 is 2.37 bits per heavy atom. The van der Waals surface area contributed by atoms with Crippen LogP contribution in [-0.4, -0.2) is 76.5 Å². The molecule has 2 aliphatic heterocycles. The van der Waals surface area contributed by atoms with Gasteiger partial charge in [0.25, 0.3) is 0 Å². The van der Waals surface area contributed by atoms with Crippen molar-refractivity contribution in [3.8, 4) is 11.3 Å². The van der Waals surface area contributed by atoms with Crippen LogP contribution in [0.2, 0.25) is 0 Å². The summed E-state index contributed by atoms with van der Waals surface area (Å²) in [6.45, 7) is 8.66. The van der Waals surface area contributed by atoms with E-state index in [2.05, 4.69) is 33.6 Å². The van der Waals surface area contributed by atoms with Gasteiger partial charge in [0.15, 0.2) is 5.65 Å². The Balaban J connectivity index is 1.62. The third-order valence-corrected chi connectivity index (χ3v) is 5.40. The fourth-order valence-electron chi connectivity index (χ4n) is 4.07. The van der Waals surface area contributed by atoms with Crippen LogP contribution >= 0.6 is 0 Å². The molecule has 2 unspecified atom stereocenters. The lowest BCUT2D eigenvalue weighted by atomic mass is 10.2. The molecule has 0 bridgehead atoms. The van der Waals surface area contributed by atoms with Crippen molar-refractivity contribution in [2.75, 3.05) is 49.2 Å². The zero-order valence-electron chi connectivity index (χ0n) is 17.2. The fraction of sp³-hybridized carbons (Fsp3) is 0.476. The van der Waals surface area contributed by atoms with Gasteiger partial charge in [-0.05, 0) is 26.0 Å². The summed E-state index contributed by atoms with van der Waals surface area (Å²) in [6, 6.07) is 4.02. The topological polar surface area (TPSA) is 89.4 Å². The zero-order chi connectivity index (χ0) is 20.5. The maximum atomic E-state index is 5.90. The van der Waals surface area contributed by atoms with Crippen LogP contribution in [0.15, 0.2) is 30.9 Å². The maximum absolute atomic E-state index is 5.90. The van der Waals surface area contributed by atoms with E-state index in [0.29, 0.717) is 24.8 Å². The molecule has 0 spiro atoms. The SMILES string of the molecule is CC1CN(c2nc(N3CCOCC3)c3ccc(-c4cncnc4)nc3n2)CC(C)O1. The normalized spacial score (nSPS) is 22.5. The van der Waals surface area contributed by atoms with Gasteiger partial charge >= 0.3 is 0 Å². The van der Waals surface area contributed by atoms with Crippen LogP contribution in [0.1, 0.15) is 13.8 Å². The number of nitrogens with zero attached hydrogens (tertiary/aromatic N) is 7. The lowest BCUT2D eigenvalue weighted by Gasteiger charge is -2.36. The minimum Gasteiger partial charge on any atom is -0.378 e. The minimum absolute atomic E-state index is 0.126. The summed E-state index contributed by atoms with van der Waals surface area (Å²) in [5.41, 5.74) is 2.33. The van der Waals surface area contributed by atoms with Crippen molar-refractivity contribution in [1.29, 1.82) is 0 Å². The summed E-state index contributed by atoms with van der Waals surface area (Å²) >= 11 is 0. The molecule has 0 aliphatic carbocycles. The average Bonchev–Trinajstić information content (AvgIpc) is 2.78. The fourth-order valence-corrected chi connectivity index (χ4v) is 4.07. The number of anilines is 2. The van der Waals surface area contributed by atoms with Crippen molar-refractivity contribution in [3.63, 3.8) is 0 Å². The van der Waals surface area contributed by atoms with Gasteiger partial charge in [0, 0.05) is 44.1 Å². The van der Waals surface area contributed by atoms with E-state index in [-0.39, 0.29) is 12.2 Å². The van der Waals surface area contributed by atoms with E-state index in [0.717, 1.165) is 48.6 Å². The molecule has 2 fully saturated rings. The zero-order valence-corrected chi connectivity index (χ0v) is 17.2. The largest absolute Gasteiger partial charge is 0.378 e. The second-order valence-electron chi connectivity index (χ2n) is 7.80. The molecule has 9 nitrogen and oxygen atoms in total. The molecule has 0 radical (unpaired) electrons. The van der Waals surface area contributed by atoms with Gasteiger partial charge in [0.05, 0.1) is 36.5 Å². The van der Waals surface area contributed by atoms with Crippen molar-refractivity contribution < 1.29 is 9.47 Å². The average molecular weight is 407 g/mol. The first-order valence-electron chi connectivity index (χ1n) is 10.3. The molecule has 0 amide bonds. The summed E-state index contributed by atoms with van der Waals surface area (Å²) in [6.07, 6.45) is 5.29. The van der Waals surface area contributed by atoms with E-state index in [9.17, 15) is 0 Å². The molecule has 30 heavy (non-hydrogen) atoms. The van der Waals surface area contributed by atoms with E-state index in [1.165, 1.54) is 6.33 Å². The van der Waals surface area contributed by atoms with Crippen molar-refractivity contribution in [2.45, 2.75) is 26.1 Å². The maximum Gasteiger partial charge on any atom is 0.229 e. The first-order valence-corrected chi connectivity index (χ1v) is 10.3. The smallest absolute Gasteiger partial charge is 0.229 e. The molecule has 2 atom stereocenters. The van der Waals surface area contributed by atoms with Gasteiger partial charge in [0.2, 0.25) is 5.95 Å². The van der Waals surface area contributed by atoms with Crippen molar-refractivity contribution in [1.82, 2.24) is 24.9 Å². The third-order valence-electron chi connectivity index (χ3n) is 5.40. The Labute approximate surface area is 175 Å². The Morgan fingerprint density at radius 2 is 1.63 bits per heavy atom. The highest BCUT2D eigenvalue weighted by atomic mass is 16.5. The summed E-state index contributed by atoms with van der Waals surface area (Å²) in [5.74, 6) is 1.61. The second kappa shape index (κ2) is 8.08. The van der Waals surface area contributed by atoms with E-state index >= 15 is 0 Å². The molecule has 0 aromatic carbocycles. The van der Waals surface area contributed by atoms with Gasteiger partial charge in [-0.25, -0.2) is 15.0 Å². The van der Waals surface area contributed by atoms with Crippen LogP contribution in [-0.2, 0) is 9.47 Å². The van der Waals surface area contributed by atoms with Gasteiger partial charge in [-0.1, -0.05) is 0 Å². The van der Waals surface area contributed by atoms with Crippen LogP contribution in [0.3, 0.4) is 0 Å². The summed E-state index contributed by atoms with van der Waals surface area (Å²) < 4.78 is 11.4. The Bertz CT molecular complexity index is 1020. The van der Waals surface area contributed by atoms with Gasteiger partial charge < -0.3 is 19.3 Å². The predicted octanol–water partition coefficient (Wildman–Crippen LogP) is 1.93. The highest BCUT2D eigenvalue weighted by molar-refractivity contribution is 5.89. The second-order valence-corrected chi connectivity index (χ2v) is 7.80. The number of hydrogen-bond acceptors (Lipinski definition) is 9. The lowest BCUT2D eigenvalue weighted by Crippen LogP contribution is -2.46. The molecular formula is C21H25N7O2. The van der Waals surface area contributed by atoms with Crippen LogP contribution in [0.5, 0.6) is 0 Å². The molecular weight excluding hydrogens is 382 g/mol. The van der Waals surface area contributed by atoms with Gasteiger partial charge in [-0.15, -0.1) is 0 Å². The molecule has 5 heterocycles. The number of ether oxygens (including phenoxy) is 2. The number of hydrogen-bond donors (Lipinski definition) is 0. The van der Waals surface area contributed by atoms with Crippen molar-refractivity contribution in [3.05, 3.63) is 30.9 Å². The van der Waals surface area contributed by atoms with Gasteiger partial charge in [-0.2, -0.15) is 9.97 Å². The molecule has 2 aliphatic rings. The quantitative estimate of drug-likeness (QED) is 0.646. The number of fused-ring (bicyclic) bond motifs is 1. The molecule has 0 N–H and O–H groups in total. The van der Waals surface area contributed by atoms with Crippen molar-refractivity contribution in [2.24, 2.45) is 0 Å². The Hall–Kier alpha value is -2.91. The predicted molar refractivity (Wildman–Crippen MR) is 114 cm³/mol. The molecule has 9 heteroatoms. The molecule has 2 saturated heterocycles. The Morgan fingerprint density at radius 1 is 0.900 bits per heavy atom. The van der Waals surface area contributed by atoms with E-state index in [4.69, 9.17) is 24.4 Å². The molecule has 3 aromatic rings. The van der Waals surface area contributed by atoms with Crippen LogP contribution in [0.4, 0.5) is 11.8 Å². The monoisotopic (exact) mass is 407 g/mol. The first kappa shape index (κ1) is 19.1. The molecule has 156 valence electrons. The van der Waals surface area contributed by atoms with Gasteiger partial charge in [-0.3, -0.25) is 0 Å². The van der Waals surface area contributed by atoms with Crippen LogP contribution in [0, 0.1) is 0 Å². The highest BCUT2D eigenvalue weighted by Gasteiger charge is 2.26. The van der Waals surface area contributed by atoms with E-state index < -0.39 is 0 Å². The number of pyridine rings is 1. The van der Waals surface area contributed by atoms with Crippen LogP contribution < -0.4 is 9.80 Å². The van der Waals surface area contributed by atoms with E-state index in [1.807, 2.05) is 12.1 Å². The Kier molecular flexibility index (Phi) is 5.14. The number of rotatable bonds is 3. The van der Waals surface area contributed by atoms with Crippen LogP contribution in [0.25, 0.3) is 22.3 Å². The summed E-state index contributed by atoms with van der Waals surface area (Å²) in [5, 5.41) is 0.940. The summed E-state index contributed by atoms with van der Waals surface area (Å²) in [4.78, 5) is 27.4. The standard InChI is InChI=1S/C21H25N7O2/c1-14-11-28(12-15(2)30-14)21-25-19-17(20(26-21)27-5-7-29-8-6-27)3-4-18(24-19)16-9-22-13-23-10-16/h3-4,9-10,13-15H,5-8,11-12H2,1-2H3. The summed E-state index contributed by atoms with van der Waals surface area (Å²) in [7, 11) is 0. The number of morpholine rings is 2. The molecule has 0 saturated carbocycles. The van der Waals surface area contributed by atoms with Gasteiger partial charge in [0.1, 0.15) is 12.1 Å². The molecule has 5 rings (SSSR count). The van der Waals surface area contributed by atoms with Crippen molar-refractivity contribution >= 4 is 22.8 Å². The minimum atomic E-state index is 0.126. The highest BCUT2D eigenvalue weighted by Crippen LogP contribution is 2.29. The third kappa shape index (κ3) is 3.78. The first-order chi connectivity index (χ1) is 14.7.